The highest BCUT2D eigenvalue weighted by Gasteiger charge is 2.18. The first kappa shape index (κ1) is 14.4. The predicted octanol–water partition coefficient (Wildman–Crippen LogP) is 0.235. The maximum atomic E-state index is 11.1. The lowest BCUT2D eigenvalue weighted by Gasteiger charge is -2.27. The lowest BCUT2D eigenvalue weighted by molar-refractivity contribution is -0.142. The van der Waals surface area contributed by atoms with Crippen LogP contribution in [0.25, 0.3) is 0 Å². The van der Waals surface area contributed by atoms with Crippen molar-refractivity contribution in [2.75, 3.05) is 40.5 Å². The summed E-state index contributed by atoms with van der Waals surface area (Å²) < 4.78 is 9.92. The van der Waals surface area contributed by atoms with Gasteiger partial charge in [0.2, 0.25) is 0 Å². The molecule has 1 aliphatic rings. The molecule has 1 aliphatic heterocycles. The van der Waals surface area contributed by atoms with E-state index in [1.165, 1.54) is 7.11 Å². The maximum Gasteiger partial charge on any atom is 0.322 e. The molecule has 1 atom stereocenters. The van der Waals surface area contributed by atoms with Crippen LogP contribution in [0.15, 0.2) is 0 Å². The highest BCUT2D eigenvalue weighted by Crippen LogP contribution is 2.15. The molecule has 1 saturated heterocycles. The molecule has 100 valence electrons. The Morgan fingerprint density at radius 3 is 2.76 bits per heavy atom. The summed E-state index contributed by atoms with van der Waals surface area (Å²) in [4.78, 5) is 13.4. The molecule has 0 radical (unpaired) electrons. The third-order valence-electron chi connectivity index (χ3n) is 3.24. The first-order valence-electron chi connectivity index (χ1n) is 6.23. The number of carbonyl (C=O) groups excluding carboxylic acids is 1. The van der Waals surface area contributed by atoms with Crippen LogP contribution in [0.5, 0.6) is 0 Å². The summed E-state index contributed by atoms with van der Waals surface area (Å²) in [7, 11) is 3.44. The fraction of sp³-hybridized carbons (Fsp3) is 0.917. The Hall–Kier alpha value is -0.650. The molecule has 1 fully saturated rings. The van der Waals surface area contributed by atoms with E-state index in [0.717, 1.165) is 39.1 Å². The zero-order chi connectivity index (χ0) is 12.7. The van der Waals surface area contributed by atoms with Crippen molar-refractivity contribution in [3.63, 3.8) is 0 Å². The smallest absolute Gasteiger partial charge is 0.322 e. The number of rotatable bonds is 6. The number of methoxy groups -OCH3 is 1. The van der Waals surface area contributed by atoms with Gasteiger partial charge in [-0.1, -0.05) is 0 Å². The fourth-order valence-electron chi connectivity index (χ4n) is 2.09. The van der Waals surface area contributed by atoms with Crippen molar-refractivity contribution in [3.8, 4) is 0 Å². The SMILES string of the molecule is COC(=O)C(N)CCN(C)CC1CCOCC1. The van der Waals surface area contributed by atoms with Gasteiger partial charge in [0, 0.05) is 19.8 Å². The number of hydrogen-bond donors (Lipinski definition) is 1. The standard InChI is InChI=1S/C12H24N2O3/c1-14(6-3-11(13)12(15)16-2)9-10-4-7-17-8-5-10/h10-11H,3-9,13H2,1-2H3. The van der Waals surface area contributed by atoms with E-state index in [2.05, 4.69) is 16.7 Å². The number of nitrogens with zero attached hydrogens (tertiary/aromatic N) is 1. The van der Waals surface area contributed by atoms with Gasteiger partial charge in [0.25, 0.3) is 0 Å². The molecule has 1 heterocycles. The summed E-state index contributed by atoms with van der Waals surface area (Å²) in [5.74, 6) is 0.382. The molecule has 17 heavy (non-hydrogen) atoms. The molecule has 0 amide bonds. The lowest BCUT2D eigenvalue weighted by Crippen LogP contribution is -2.37. The Morgan fingerprint density at radius 2 is 2.18 bits per heavy atom. The van der Waals surface area contributed by atoms with E-state index in [4.69, 9.17) is 10.5 Å². The molecular formula is C12H24N2O3. The molecule has 0 saturated carbocycles. The van der Waals surface area contributed by atoms with Crippen molar-refractivity contribution in [1.82, 2.24) is 4.90 Å². The van der Waals surface area contributed by atoms with Crippen LogP contribution in [0.1, 0.15) is 19.3 Å². The van der Waals surface area contributed by atoms with Gasteiger partial charge in [-0.2, -0.15) is 0 Å². The predicted molar refractivity (Wildman–Crippen MR) is 65.6 cm³/mol. The quantitative estimate of drug-likeness (QED) is 0.678. The zero-order valence-electron chi connectivity index (χ0n) is 10.9. The topological polar surface area (TPSA) is 64.8 Å². The van der Waals surface area contributed by atoms with Crippen molar-refractivity contribution < 1.29 is 14.3 Å². The van der Waals surface area contributed by atoms with E-state index >= 15 is 0 Å². The highest BCUT2D eigenvalue weighted by molar-refractivity contribution is 5.75. The fourth-order valence-corrected chi connectivity index (χ4v) is 2.09. The first-order chi connectivity index (χ1) is 8.13. The van der Waals surface area contributed by atoms with Gasteiger partial charge in [0.05, 0.1) is 7.11 Å². The van der Waals surface area contributed by atoms with Crippen LogP contribution in [0.2, 0.25) is 0 Å². The van der Waals surface area contributed by atoms with E-state index in [9.17, 15) is 4.79 Å². The second-order valence-electron chi connectivity index (χ2n) is 4.74. The minimum atomic E-state index is -0.503. The summed E-state index contributed by atoms with van der Waals surface area (Å²) in [6.45, 7) is 3.63. The molecule has 1 unspecified atom stereocenters. The number of carbonyl (C=O) groups is 1. The van der Waals surface area contributed by atoms with Gasteiger partial charge < -0.3 is 20.1 Å². The second-order valence-corrected chi connectivity index (χ2v) is 4.74. The Balaban J connectivity index is 2.15. The summed E-state index contributed by atoms with van der Waals surface area (Å²) in [5.41, 5.74) is 5.69. The van der Waals surface area contributed by atoms with E-state index in [-0.39, 0.29) is 5.97 Å². The highest BCUT2D eigenvalue weighted by atomic mass is 16.5. The zero-order valence-corrected chi connectivity index (χ0v) is 10.9. The first-order valence-corrected chi connectivity index (χ1v) is 6.23. The Kier molecular flexibility index (Phi) is 6.47. The summed E-state index contributed by atoms with van der Waals surface area (Å²) in [6.07, 6.45) is 2.91. The number of esters is 1. The van der Waals surface area contributed by atoms with Crippen LogP contribution in [0.4, 0.5) is 0 Å². The second kappa shape index (κ2) is 7.63. The van der Waals surface area contributed by atoms with E-state index in [1.807, 2.05) is 0 Å². The molecule has 0 bridgehead atoms. The van der Waals surface area contributed by atoms with Gasteiger partial charge in [0.1, 0.15) is 6.04 Å². The molecule has 5 nitrogen and oxygen atoms in total. The summed E-state index contributed by atoms with van der Waals surface area (Å²) in [6, 6.07) is -0.503. The third-order valence-corrected chi connectivity index (χ3v) is 3.24. The minimum absolute atomic E-state index is 0.329. The van der Waals surface area contributed by atoms with Crippen LogP contribution >= 0.6 is 0 Å². The normalized spacial score (nSPS) is 19.3. The van der Waals surface area contributed by atoms with Crippen LogP contribution in [-0.2, 0) is 14.3 Å². The van der Waals surface area contributed by atoms with Crippen LogP contribution < -0.4 is 5.73 Å². The maximum absolute atomic E-state index is 11.1. The minimum Gasteiger partial charge on any atom is -0.468 e. The molecule has 2 N–H and O–H groups in total. The number of hydrogen-bond acceptors (Lipinski definition) is 5. The largest absolute Gasteiger partial charge is 0.468 e. The van der Waals surface area contributed by atoms with Gasteiger partial charge >= 0.3 is 5.97 Å². The number of nitrogens with two attached hydrogens (primary N) is 1. The van der Waals surface area contributed by atoms with Gasteiger partial charge in [-0.3, -0.25) is 4.79 Å². The average molecular weight is 244 g/mol. The van der Waals surface area contributed by atoms with Crippen molar-refractivity contribution in [1.29, 1.82) is 0 Å². The van der Waals surface area contributed by atoms with E-state index < -0.39 is 6.04 Å². The van der Waals surface area contributed by atoms with Crippen molar-refractivity contribution in [3.05, 3.63) is 0 Å². The molecule has 0 aromatic rings. The number of ether oxygens (including phenoxy) is 2. The molecule has 5 heteroatoms. The lowest BCUT2D eigenvalue weighted by atomic mass is 10.00. The van der Waals surface area contributed by atoms with E-state index in [0.29, 0.717) is 12.3 Å². The van der Waals surface area contributed by atoms with E-state index in [1.54, 1.807) is 0 Å². The van der Waals surface area contributed by atoms with Crippen molar-refractivity contribution >= 4 is 5.97 Å². The molecule has 0 aromatic heterocycles. The monoisotopic (exact) mass is 244 g/mol. The van der Waals surface area contributed by atoms with Crippen LogP contribution in [-0.4, -0.2) is 57.4 Å². The van der Waals surface area contributed by atoms with Crippen molar-refractivity contribution in [2.24, 2.45) is 11.7 Å². The van der Waals surface area contributed by atoms with Crippen molar-refractivity contribution in [2.45, 2.75) is 25.3 Å². The molecule has 1 rings (SSSR count). The molecule has 0 spiro atoms. The molecule has 0 aromatic carbocycles. The summed E-state index contributed by atoms with van der Waals surface area (Å²) in [5, 5.41) is 0. The van der Waals surface area contributed by atoms with Gasteiger partial charge in [-0.05, 0) is 38.8 Å². The van der Waals surface area contributed by atoms with Gasteiger partial charge in [-0.25, -0.2) is 0 Å². The molecular weight excluding hydrogens is 220 g/mol. The third kappa shape index (κ3) is 5.48. The Bertz CT molecular complexity index is 230. The summed E-state index contributed by atoms with van der Waals surface area (Å²) >= 11 is 0. The van der Waals surface area contributed by atoms with Crippen LogP contribution in [0, 0.1) is 5.92 Å². The Labute approximate surface area is 103 Å². The van der Waals surface area contributed by atoms with Gasteiger partial charge in [-0.15, -0.1) is 0 Å². The average Bonchev–Trinajstić information content (AvgIpc) is 2.36. The Morgan fingerprint density at radius 1 is 1.53 bits per heavy atom. The molecule has 0 aliphatic carbocycles. The van der Waals surface area contributed by atoms with Gasteiger partial charge in [0.15, 0.2) is 0 Å². The van der Waals surface area contributed by atoms with Crippen LogP contribution in [0.3, 0.4) is 0 Å².